The van der Waals surface area contributed by atoms with E-state index in [9.17, 15) is 0 Å². The first-order chi connectivity index (χ1) is 9.20. The third-order valence-electron chi connectivity index (χ3n) is 2.85. The molecule has 6 nitrogen and oxygen atoms in total. The van der Waals surface area contributed by atoms with Crippen LogP contribution in [-0.4, -0.2) is 19.7 Å². The summed E-state index contributed by atoms with van der Waals surface area (Å²) in [6, 6.07) is 9.55. The van der Waals surface area contributed by atoms with E-state index in [1.165, 1.54) is 10.9 Å². The summed E-state index contributed by atoms with van der Waals surface area (Å²) in [4.78, 5) is 8.97. The Kier molecular flexibility index (Phi) is 2.39. The van der Waals surface area contributed by atoms with Gasteiger partial charge in [0.05, 0.1) is 22.9 Å². The monoisotopic (exact) mass is 250 g/mol. The Morgan fingerprint density at radius 3 is 2.53 bits per heavy atom. The lowest BCUT2D eigenvalue weighted by Gasteiger charge is -2.07. The van der Waals surface area contributed by atoms with Gasteiger partial charge in [-0.3, -0.25) is 0 Å². The molecule has 0 fully saturated rings. The van der Waals surface area contributed by atoms with Gasteiger partial charge in [-0.1, -0.05) is 12.1 Å². The molecule has 0 bridgehead atoms. The number of nitrogens with two attached hydrogens (primary N) is 1. The molecule has 3 aromatic rings. The molecule has 19 heavy (non-hydrogen) atoms. The number of hydrogen-bond donors (Lipinski definition) is 1. The van der Waals surface area contributed by atoms with E-state index in [-0.39, 0.29) is 5.82 Å². The Labute approximate surface area is 109 Å². The molecule has 0 amide bonds. The maximum Gasteiger partial charge on any atom is 0.177 e. The molecule has 0 atom stereocenters. The van der Waals surface area contributed by atoms with Crippen molar-refractivity contribution in [2.24, 2.45) is 0 Å². The van der Waals surface area contributed by atoms with Crippen molar-refractivity contribution >= 4 is 16.9 Å². The average molecular weight is 250 g/mol. The van der Waals surface area contributed by atoms with Crippen molar-refractivity contribution in [3.63, 3.8) is 0 Å². The van der Waals surface area contributed by atoms with Gasteiger partial charge in [-0.05, 0) is 19.1 Å². The molecule has 2 N–H and O–H groups in total. The van der Waals surface area contributed by atoms with E-state index in [0.717, 1.165) is 11.0 Å². The summed E-state index contributed by atoms with van der Waals surface area (Å²) in [5.41, 5.74) is 8.48. The predicted molar refractivity (Wildman–Crippen MR) is 70.5 cm³/mol. The number of aryl methyl sites for hydroxylation is 1. The molecular weight excluding hydrogens is 240 g/mol. The summed E-state index contributed by atoms with van der Waals surface area (Å²) >= 11 is 0. The van der Waals surface area contributed by atoms with Crippen LogP contribution in [0, 0.1) is 18.3 Å². The predicted octanol–water partition coefficient (Wildman–Crippen LogP) is 1.58. The number of nitrogens with zero attached hydrogens (tertiary/aromatic N) is 5. The minimum absolute atomic E-state index is 0.273. The van der Waals surface area contributed by atoms with Gasteiger partial charge >= 0.3 is 0 Å². The standard InChI is InChI=1S/C13H10N6/c1-8-13(19-12(15)9(6-14)7-16-19)18-11-5-3-2-4-10(11)17-8/h2-5,7H,15H2,1H3. The van der Waals surface area contributed by atoms with Crippen LogP contribution < -0.4 is 5.73 Å². The molecule has 0 spiro atoms. The van der Waals surface area contributed by atoms with Crippen molar-refractivity contribution < 1.29 is 0 Å². The number of nitrogen functional groups attached to an aromatic ring is 1. The average Bonchev–Trinajstić information content (AvgIpc) is 2.79. The first kappa shape index (κ1) is 11.2. The van der Waals surface area contributed by atoms with Gasteiger partial charge in [0, 0.05) is 0 Å². The molecule has 0 aliphatic carbocycles. The SMILES string of the molecule is Cc1nc2ccccc2nc1-n1ncc(C#N)c1N. The molecule has 2 heterocycles. The van der Waals surface area contributed by atoms with Gasteiger partial charge in [-0.25, -0.2) is 9.97 Å². The summed E-state index contributed by atoms with van der Waals surface area (Å²) < 4.78 is 1.44. The molecule has 92 valence electrons. The number of anilines is 1. The summed E-state index contributed by atoms with van der Waals surface area (Å²) in [6.45, 7) is 1.84. The molecule has 0 aliphatic rings. The second kappa shape index (κ2) is 4.07. The zero-order valence-corrected chi connectivity index (χ0v) is 10.2. The minimum Gasteiger partial charge on any atom is -0.382 e. The molecule has 2 aromatic heterocycles. The third kappa shape index (κ3) is 1.68. The largest absolute Gasteiger partial charge is 0.382 e. The fraction of sp³-hybridized carbons (Fsp3) is 0.0769. The van der Waals surface area contributed by atoms with E-state index in [0.29, 0.717) is 17.1 Å². The van der Waals surface area contributed by atoms with Crippen molar-refractivity contribution in [2.75, 3.05) is 5.73 Å². The van der Waals surface area contributed by atoms with Crippen molar-refractivity contribution in [3.05, 3.63) is 41.7 Å². The molecule has 6 heteroatoms. The Morgan fingerprint density at radius 2 is 1.89 bits per heavy atom. The van der Waals surface area contributed by atoms with E-state index in [1.54, 1.807) is 0 Å². The number of fused-ring (bicyclic) bond motifs is 1. The smallest absolute Gasteiger partial charge is 0.177 e. The number of hydrogen-bond acceptors (Lipinski definition) is 5. The van der Waals surface area contributed by atoms with Crippen LogP contribution in [0.15, 0.2) is 30.5 Å². The summed E-state index contributed by atoms with van der Waals surface area (Å²) in [7, 11) is 0. The molecule has 1 aromatic carbocycles. The van der Waals surface area contributed by atoms with Gasteiger partial charge in [0.2, 0.25) is 0 Å². The Hall–Kier alpha value is -2.94. The minimum atomic E-state index is 0.273. The van der Waals surface area contributed by atoms with Crippen LogP contribution in [0.1, 0.15) is 11.3 Å². The Balaban J connectivity index is 2.27. The molecule has 0 saturated heterocycles. The van der Waals surface area contributed by atoms with E-state index < -0.39 is 0 Å². The lowest BCUT2D eigenvalue weighted by Crippen LogP contribution is -2.08. The van der Waals surface area contributed by atoms with Crippen LogP contribution in [-0.2, 0) is 0 Å². The summed E-state index contributed by atoms with van der Waals surface area (Å²) in [5.74, 6) is 0.813. The topological polar surface area (TPSA) is 93.4 Å². The highest BCUT2D eigenvalue weighted by Crippen LogP contribution is 2.19. The van der Waals surface area contributed by atoms with Crippen molar-refractivity contribution in [3.8, 4) is 11.9 Å². The molecular formula is C13H10N6. The van der Waals surface area contributed by atoms with Crippen LogP contribution in [0.4, 0.5) is 5.82 Å². The van der Waals surface area contributed by atoms with Crippen molar-refractivity contribution in [2.45, 2.75) is 6.92 Å². The van der Waals surface area contributed by atoms with E-state index in [1.807, 2.05) is 37.3 Å². The van der Waals surface area contributed by atoms with Crippen molar-refractivity contribution in [1.82, 2.24) is 19.7 Å². The van der Waals surface area contributed by atoms with E-state index in [4.69, 9.17) is 11.0 Å². The Morgan fingerprint density at radius 1 is 1.21 bits per heavy atom. The normalized spacial score (nSPS) is 10.5. The van der Waals surface area contributed by atoms with Crippen molar-refractivity contribution in [1.29, 1.82) is 5.26 Å². The number of aromatic nitrogens is 4. The van der Waals surface area contributed by atoms with Crippen LogP contribution in [0.3, 0.4) is 0 Å². The Bertz CT molecular complexity index is 812. The maximum atomic E-state index is 8.90. The molecule has 0 saturated carbocycles. The first-order valence-corrected chi connectivity index (χ1v) is 5.68. The third-order valence-corrected chi connectivity index (χ3v) is 2.85. The highest BCUT2D eigenvalue weighted by atomic mass is 15.3. The zero-order chi connectivity index (χ0) is 13.4. The quantitative estimate of drug-likeness (QED) is 0.707. The maximum absolute atomic E-state index is 8.90. The number of nitriles is 1. The number of rotatable bonds is 1. The van der Waals surface area contributed by atoms with Gasteiger partial charge in [0.25, 0.3) is 0 Å². The number of benzene rings is 1. The van der Waals surface area contributed by atoms with Gasteiger partial charge in [-0.15, -0.1) is 0 Å². The lowest BCUT2D eigenvalue weighted by molar-refractivity contribution is 0.843. The lowest BCUT2D eigenvalue weighted by atomic mass is 10.3. The van der Waals surface area contributed by atoms with Gasteiger partial charge in [-0.2, -0.15) is 15.0 Å². The highest BCUT2D eigenvalue weighted by Gasteiger charge is 2.13. The van der Waals surface area contributed by atoms with Gasteiger partial charge in [0.1, 0.15) is 17.5 Å². The second-order valence-corrected chi connectivity index (χ2v) is 4.09. The zero-order valence-electron chi connectivity index (χ0n) is 10.2. The highest BCUT2D eigenvalue weighted by molar-refractivity contribution is 5.75. The molecule has 3 rings (SSSR count). The fourth-order valence-corrected chi connectivity index (χ4v) is 1.89. The van der Waals surface area contributed by atoms with Gasteiger partial charge < -0.3 is 5.73 Å². The van der Waals surface area contributed by atoms with Crippen LogP contribution >= 0.6 is 0 Å². The van der Waals surface area contributed by atoms with Gasteiger partial charge in [0.15, 0.2) is 5.82 Å². The van der Waals surface area contributed by atoms with E-state index in [2.05, 4.69) is 15.1 Å². The summed E-state index contributed by atoms with van der Waals surface area (Å²) in [6.07, 6.45) is 1.42. The number of para-hydroxylation sites is 2. The van der Waals surface area contributed by atoms with Crippen LogP contribution in [0.25, 0.3) is 16.9 Å². The molecule has 0 radical (unpaired) electrons. The van der Waals surface area contributed by atoms with Crippen LogP contribution in [0.5, 0.6) is 0 Å². The molecule has 0 unspecified atom stereocenters. The van der Waals surface area contributed by atoms with Crippen LogP contribution in [0.2, 0.25) is 0 Å². The second-order valence-electron chi connectivity index (χ2n) is 4.09. The fourth-order valence-electron chi connectivity index (χ4n) is 1.89. The molecule has 0 aliphatic heterocycles. The van der Waals surface area contributed by atoms with E-state index >= 15 is 0 Å². The summed E-state index contributed by atoms with van der Waals surface area (Å²) in [5, 5.41) is 13.0. The first-order valence-electron chi connectivity index (χ1n) is 5.68.